The smallest absolute Gasteiger partial charge is 0.357 e. The molecule has 1 spiro atoms. The van der Waals surface area contributed by atoms with Gasteiger partial charge in [0.05, 0.1) is 17.6 Å². The van der Waals surface area contributed by atoms with Gasteiger partial charge in [-0.25, -0.2) is 4.79 Å². The first-order chi connectivity index (χ1) is 25.3. The normalized spacial score (nSPS) is 25.0. The Morgan fingerprint density at radius 3 is 2.37 bits per heavy atom. The maximum Gasteiger partial charge on any atom is 0.357 e. The summed E-state index contributed by atoms with van der Waals surface area (Å²) in [6, 6.07) is 12.8. The van der Waals surface area contributed by atoms with Gasteiger partial charge in [0.1, 0.15) is 11.5 Å². The summed E-state index contributed by atoms with van der Waals surface area (Å²) in [5, 5.41) is 22.7. The number of ether oxygens (including phenoxy) is 3. The van der Waals surface area contributed by atoms with Crippen molar-refractivity contribution in [2.24, 2.45) is 0 Å². The topological polar surface area (TPSA) is 106 Å². The van der Waals surface area contributed by atoms with Crippen molar-refractivity contribution < 1.29 is 34.0 Å². The van der Waals surface area contributed by atoms with Gasteiger partial charge in [-0.3, -0.25) is 4.79 Å². The Bertz CT molecular complexity index is 1590. The Morgan fingerprint density at radius 1 is 0.962 bits per heavy atom. The number of nitrogens with zero attached hydrogens (tertiary/aromatic N) is 1. The summed E-state index contributed by atoms with van der Waals surface area (Å²) in [4.78, 5) is 29.3. The van der Waals surface area contributed by atoms with Crippen molar-refractivity contribution in [2.75, 3.05) is 13.6 Å². The predicted molar refractivity (Wildman–Crippen MR) is 202 cm³/mol. The van der Waals surface area contributed by atoms with E-state index in [0.29, 0.717) is 41.9 Å². The minimum absolute atomic E-state index is 0.131. The van der Waals surface area contributed by atoms with Crippen LogP contribution in [0.4, 0.5) is 0 Å². The van der Waals surface area contributed by atoms with Gasteiger partial charge in [0, 0.05) is 35.6 Å². The highest BCUT2D eigenvalue weighted by Gasteiger charge is 2.72. The number of hydrogen-bond donors (Lipinski definition) is 2. The van der Waals surface area contributed by atoms with Crippen LogP contribution in [0, 0.1) is 0 Å². The number of unbranched alkanes of at least 4 members (excludes halogenated alkanes) is 11. The number of esters is 2. The monoisotopic (exact) mass is 713 g/mol. The number of aliphatic hydroxyl groups excluding tert-OH is 1. The number of likely N-dealkylation sites (N-methyl/N-ethyl adjacent to an activating group) is 1. The van der Waals surface area contributed by atoms with Gasteiger partial charge >= 0.3 is 11.9 Å². The zero-order valence-corrected chi connectivity index (χ0v) is 31.3. The second-order valence-corrected chi connectivity index (χ2v) is 15.4. The fourth-order valence-corrected chi connectivity index (χ4v) is 9.21. The molecule has 2 N–H and O–H groups in total. The van der Waals surface area contributed by atoms with Crippen LogP contribution in [0.2, 0.25) is 0 Å². The lowest BCUT2D eigenvalue weighted by molar-refractivity contribution is -0.176. The predicted octanol–water partition coefficient (Wildman–Crippen LogP) is 8.32. The molecule has 4 aliphatic rings. The summed E-state index contributed by atoms with van der Waals surface area (Å²) >= 11 is 0. The van der Waals surface area contributed by atoms with Gasteiger partial charge in [0.2, 0.25) is 6.10 Å². The number of rotatable bonds is 20. The van der Waals surface area contributed by atoms with Gasteiger partial charge in [-0.2, -0.15) is 0 Å². The third-order valence-electron chi connectivity index (χ3n) is 12.1. The van der Waals surface area contributed by atoms with Crippen molar-refractivity contribution >= 4 is 11.9 Å². The van der Waals surface area contributed by atoms with Crippen molar-refractivity contribution in [3.05, 3.63) is 88.7 Å². The van der Waals surface area contributed by atoms with Crippen LogP contribution in [0.3, 0.4) is 0 Å². The molecule has 2 heterocycles. The highest BCUT2D eigenvalue weighted by molar-refractivity contribution is 5.82. The van der Waals surface area contributed by atoms with Crippen LogP contribution >= 0.6 is 0 Å². The molecule has 0 amide bonds. The molecule has 1 fully saturated rings. The average Bonchev–Trinajstić information content (AvgIpc) is 3.51. The molecular formula is C44H59NO7. The molecule has 2 bridgehead atoms. The van der Waals surface area contributed by atoms with Gasteiger partial charge in [0.15, 0.2) is 6.10 Å². The standard InChI is InChI=1S/C44H59NO7/c1-3-4-5-6-7-8-9-10-11-12-13-14-15-16-20-23-37(47)51-40(32-21-18-17-19-22-32)42(48)50-35-26-27-44(49)36-30-33-24-25-34(31-46)39-38(33)43(44,41(35)52-39)28-29-45(36)2/h10-11,17-19,21-22,24-26,36,40-41,46,49H,3-9,12-16,20,23,27-31H2,1-2H3/b11-10+/t36-,40+,41?,43?,44-/m1/s1. The first kappa shape index (κ1) is 38.3. The molecule has 0 radical (unpaired) electrons. The Labute approximate surface area is 310 Å². The first-order valence-corrected chi connectivity index (χ1v) is 20.0. The second-order valence-electron chi connectivity index (χ2n) is 15.4. The van der Waals surface area contributed by atoms with Gasteiger partial charge in [0.25, 0.3) is 0 Å². The molecule has 52 heavy (non-hydrogen) atoms. The number of carbonyl (C=O) groups excluding carboxylic acids is 2. The summed E-state index contributed by atoms with van der Waals surface area (Å²) < 4.78 is 18.6. The summed E-state index contributed by atoms with van der Waals surface area (Å²) in [7, 11) is 2.04. The lowest BCUT2D eigenvalue weighted by atomic mass is 9.50. The van der Waals surface area contributed by atoms with Crippen LogP contribution in [0.5, 0.6) is 5.75 Å². The molecule has 6 rings (SSSR count). The largest absolute Gasteiger partial charge is 0.481 e. The maximum atomic E-state index is 14.0. The number of hydrogen-bond acceptors (Lipinski definition) is 8. The number of likely N-dealkylation sites (tertiary alicyclic amines) is 1. The van der Waals surface area contributed by atoms with Gasteiger partial charge in [-0.15, -0.1) is 0 Å². The Balaban J connectivity index is 1.03. The SMILES string of the molecule is CCCCCCCC/C=C/CCCCCCCC(=O)O[C@H](C(=O)OC1=CC[C@@]2(O)[C@H]3Cc4ccc(CO)c5c4C2(CCN3C)C1O5)c1ccccc1. The van der Waals surface area contributed by atoms with E-state index in [4.69, 9.17) is 14.2 Å². The Hall–Kier alpha value is -3.46. The molecule has 2 aliphatic heterocycles. The van der Waals surface area contributed by atoms with E-state index in [-0.39, 0.29) is 25.5 Å². The fourth-order valence-electron chi connectivity index (χ4n) is 9.21. The van der Waals surface area contributed by atoms with E-state index in [0.717, 1.165) is 49.8 Å². The zero-order valence-electron chi connectivity index (χ0n) is 31.3. The molecule has 1 saturated heterocycles. The van der Waals surface area contributed by atoms with Crippen LogP contribution in [-0.2, 0) is 37.5 Å². The van der Waals surface area contributed by atoms with E-state index < -0.39 is 35.2 Å². The molecular weight excluding hydrogens is 654 g/mol. The number of piperidine rings is 1. The highest BCUT2D eigenvalue weighted by Crippen LogP contribution is 2.64. The lowest BCUT2D eigenvalue weighted by Gasteiger charge is -2.61. The molecule has 8 nitrogen and oxygen atoms in total. The average molecular weight is 714 g/mol. The van der Waals surface area contributed by atoms with Crippen molar-refractivity contribution in [1.82, 2.24) is 4.90 Å². The van der Waals surface area contributed by atoms with E-state index in [9.17, 15) is 19.8 Å². The van der Waals surface area contributed by atoms with E-state index in [1.807, 2.05) is 37.4 Å². The van der Waals surface area contributed by atoms with Crippen LogP contribution < -0.4 is 4.74 Å². The quantitative estimate of drug-likeness (QED) is 0.0802. The Kier molecular flexibility index (Phi) is 12.9. The number of allylic oxidation sites excluding steroid dienone is 2. The fraction of sp³-hybridized carbons (Fsp3) is 0.591. The lowest BCUT2D eigenvalue weighted by Crippen LogP contribution is -2.74. The number of benzene rings is 2. The van der Waals surface area contributed by atoms with Crippen LogP contribution in [0.1, 0.15) is 138 Å². The van der Waals surface area contributed by atoms with Crippen molar-refractivity contribution in [3.8, 4) is 5.75 Å². The molecule has 8 heteroatoms. The number of carbonyl (C=O) groups is 2. The van der Waals surface area contributed by atoms with E-state index in [1.165, 1.54) is 44.9 Å². The van der Waals surface area contributed by atoms with E-state index in [2.05, 4.69) is 24.0 Å². The summed E-state index contributed by atoms with van der Waals surface area (Å²) in [5.74, 6) is -0.220. The second kappa shape index (κ2) is 17.6. The third-order valence-corrected chi connectivity index (χ3v) is 12.1. The molecule has 0 aromatic heterocycles. The summed E-state index contributed by atoms with van der Waals surface area (Å²) in [5.41, 5.74) is 1.25. The van der Waals surface area contributed by atoms with Crippen LogP contribution in [-0.4, -0.2) is 58.4 Å². The number of aliphatic hydroxyl groups is 2. The zero-order chi connectivity index (χ0) is 36.6. The minimum Gasteiger partial charge on any atom is -0.481 e. The van der Waals surface area contributed by atoms with Crippen molar-refractivity contribution in [1.29, 1.82) is 0 Å². The molecule has 0 saturated carbocycles. The molecule has 2 aliphatic carbocycles. The summed E-state index contributed by atoms with van der Waals surface area (Å²) in [6.07, 6.45) is 21.5. The molecule has 2 unspecified atom stereocenters. The van der Waals surface area contributed by atoms with Gasteiger partial charge in [-0.1, -0.05) is 113 Å². The van der Waals surface area contributed by atoms with E-state index >= 15 is 0 Å². The van der Waals surface area contributed by atoms with Crippen molar-refractivity contribution in [3.63, 3.8) is 0 Å². The third kappa shape index (κ3) is 7.76. The maximum absolute atomic E-state index is 14.0. The van der Waals surface area contributed by atoms with Crippen LogP contribution in [0.15, 0.2) is 66.5 Å². The van der Waals surface area contributed by atoms with Crippen LogP contribution in [0.25, 0.3) is 0 Å². The van der Waals surface area contributed by atoms with Gasteiger partial charge < -0.3 is 29.3 Å². The van der Waals surface area contributed by atoms with E-state index in [1.54, 1.807) is 18.2 Å². The first-order valence-electron chi connectivity index (χ1n) is 20.0. The Morgan fingerprint density at radius 2 is 1.65 bits per heavy atom. The molecule has 282 valence electrons. The van der Waals surface area contributed by atoms with Gasteiger partial charge in [-0.05, 0) is 70.2 Å². The molecule has 2 aromatic carbocycles. The molecule has 5 atom stereocenters. The highest BCUT2D eigenvalue weighted by atomic mass is 16.6. The summed E-state index contributed by atoms with van der Waals surface area (Å²) in [6.45, 7) is 2.80. The molecule has 2 aromatic rings. The minimum atomic E-state index is -1.24. The van der Waals surface area contributed by atoms with Crippen molar-refractivity contribution in [2.45, 2.75) is 152 Å².